The zero-order chi connectivity index (χ0) is 18.1. The molecule has 26 heavy (non-hydrogen) atoms. The molecule has 2 aromatic heterocycles. The van der Waals surface area contributed by atoms with Crippen LogP contribution in [-0.4, -0.2) is 22.4 Å². The normalized spacial score (nSPS) is 11.0. The molecular formula is C21H19N3O2. The Morgan fingerprint density at radius 1 is 1.12 bits per heavy atom. The van der Waals surface area contributed by atoms with Crippen molar-refractivity contribution in [2.24, 2.45) is 0 Å². The van der Waals surface area contributed by atoms with Crippen molar-refractivity contribution >= 4 is 28.0 Å². The van der Waals surface area contributed by atoms with E-state index in [1.165, 1.54) is 0 Å². The molecule has 0 aliphatic heterocycles. The first-order valence-electron chi connectivity index (χ1n) is 8.56. The maximum absolute atomic E-state index is 13.1. The number of hydrogen-bond acceptors (Lipinski definition) is 3. The summed E-state index contributed by atoms with van der Waals surface area (Å²) in [5.41, 5.74) is 2.71. The van der Waals surface area contributed by atoms with Crippen LogP contribution in [0.4, 0.5) is 5.69 Å². The van der Waals surface area contributed by atoms with E-state index in [9.17, 15) is 4.79 Å². The molecule has 4 aromatic rings. The van der Waals surface area contributed by atoms with E-state index in [4.69, 9.17) is 4.74 Å². The highest BCUT2D eigenvalue weighted by Crippen LogP contribution is 2.26. The molecule has 0 saturated carbocycles. The Kier molecular flexibility index (Phi) is 4.05. The van der Waals surface area contributed by atoms with Crippen molar-refractivity contribution in [2.45, 2.75) is 13.3 Å². The average Bonchev–Trinajstić information content (AvgIpc) is 3.07. The summed E-state index contributed by atoms with van der Waals surface area (Å²) < 4.78 is 7.17. The van der Waals surface area contributed by atoms with Crippen LogP contribution in [0, 0.1) is 0 Å². The number of aryl methyl sites for hydroxylation is 1. The molecule has 0 unspecified atom stereocenters. The molecule has 5 nitrogen and oxygen atoms in total. The molecule has 1 N–H and O–H groups in total. The topological polar surface area (TPSA) is 55.6 Å². The molecule has 130 valence electrons. The summed E-state index contributed by atoms with van der Waals surface area (Å²) >= 11 is 0. The minimum Gasteiger partial charge on any atom is -0.493 e. The second-order valence-corrected chi connectivity index (χ2v) is 6.01. The van der Waals surface area contributed by atoms with Gasteiger partial charge in [-0.1, -0.05) is 43.3 Å². The van der Waals surface area contributed by atoms with E-state index in [0.29, 0.717) is 23.5 Å². The molecule has 0 radical (unpaired) electrons. The van der Waals surface area contributed by atoms with Crippen LogP contribution in [0.15, 0.2) is 60.8 Å². The van der Waals surface area contributed by atoms with Gasteiger partial charge in [0, 0.05) is 17.3 Å². The zero-order valence-electron chi connectivity index (χ0n) is 14.7. The van der Waals surface area contributed by atoms with Gasteiger partial charge in [-0.25, -0.2) is 4.98 Å². The van der Waals surface area contributed by atoms with Crippen molar-refractivity contribution in [3.63, 3.8) is 0 Å². The number of anilines is 1. The third-order valence-electron chi connectivity index (χ3n) is 4.49. The number of rotatable bonds is 4. The Morgan fingerprint density at radius 2 is 1.92 bits per heavy atom. The SMILES string of the molecule is CCc1nc2c(OC)cccn2c1C(=O)Nc1cccc2ccccc12. The van der Waals surface area contributed by atoms with Gasteiger partial charge in [0.15, 0.2) is 11.4 Å². The smallest absolute Gasteiger partial charge is 0.274 e. The van der Waals surface area contributed by atoms with Gasteiger partial charge in [-0.3, -0.25) is 9.20 Å². The molecule has 2 aromatic carbocycles. The van der Waals surface area contributed by atoms with Crippen molar-refractivity contribution in [1.82, 2.24) is 9.38 Å². The molecule has 0 spiro atoms. The summed E-state index contributed by atoms with van der Waals surface area (Å²) in [5.74, 6) is 0.463. The fourth-order valence-corrected chi connectivity index (χ4v) is 3.25. The first kappa shape index (κ1) is 16.1. The number of ether oxygens (including phenoxy) is 1. The summed E-state index contributed by atoms with van der Waals surface area (Å²) in [7, 11) is 1.60. The first-order chi connectivity index (χ1) is 12.7. The molecule has 0 atom stereocenters. The second-order valence-electron chi connectivity index (χ2n) is 6.01. The largest absolute Gasteiger partial charge is 0.493 e. The quantitative estimate of drug-likeness (QED) is 0.599. The number of fused-ring (bicyclic) bond motifs is 2. The number of carbonyl (C=O) groups is 1. The van der Waals surface area contributed by atoms with Gasteiger partial charge in [-0.2, -0.15) is 0 Å². The molecule has 0 bridgehead atoms. The number of aromatic nitrogens is 2. The number of carbonyl (C=O) groups excluding carboxylic acids is 1. The number of methoxy groups -OCH3 is 1. The fourth-order valence-electron chi connectivity index (χ4n) is 3.25. The third-order valence-corrected chi connectivity index (χ3v) is 4.49. The highest BCUT2D eigenvalue weighted by atomic mass is 16.5. The van der Waals surface area contributed by atoms with Crippen LogP contribution in [0.1, 0.15) is 23.1 Å². The highest BCUT2D eigenvalue weighted by molar-refractivity contribution is 6.09. The Labute approximate surface area is 151 Å². The zero-order valence-corrected chi connectivity index (χ0v) is 14.7. The molecule has 2 heterocycles. The van der Waals surface area contributed by atoms with Crippen molar-refractivity contribution in [1.29, 1.82) is 0 Å². The Hall–Kier alpha value is -3.34. The molecule has 1 amide bonds. The number of nitrogens with zero attached hydrogens (tertiary/aromatic N) is 2. The van der Waals surface area contributed by atoms with Crippen LogP contribution in [0.3, 0.4) is 0 Å². The minimum atomic E-state index is -0.182. The van der Waals surface area contributed by atoms with Crippen LogP contribution in [0.2, 0.25) is 0 Å². The summed E-state index contributed by atoms with van der Waals surface area (Å²) in [6.07, 6.45) is 2.49. The summed E-state index contributed by atoms with van der Waals surface area (Å²) in [6.45, 7) is 1.99. The van der Waals surface area contributed by atoms with Gasteiger partial charge in [0.1, 0.15) is 5.69 Å². The molecule has 4 rings (SSSR count). The fraction of sp³-hybridized carbons (Fsp3) is 0.143. The standard InChI is InChI=1S/C21H19N3O2/c1-3-16-19(24-13-7-12-18(26-2)20(24)22-16)21(25)23-17-11-6-9-14-8-4-5-10-15(14)17/h4-13H,3H2,1-2H3,(H,23,25). The predicted molar refractivity (Wildman–Crippen MR) is 103 cm³/mol. The molecule has 0 saturated heterocycles. The lowest BCUT2D eigenvalue weighted by Gasteiger charge is -2.10. The van der Waals surface area contributed by atoms with Crippen molar-refractivity contribution in [2.75, 3.05) is 12.4 Å². The Bertz CT molecular complexity index is 1110. The van der Waals surface area contributed by atoms with Gasteiger partial charge in [-0.05, 0) is 30.0 Å². The van der Waals surface area contributed by atoms with E-state index in [0.717, 1.165) is 22.2 Å². The van der Waals surface area contributed by atoms with Gasteiger partial charge in [0.05, 0.1) is 12.8 Å². The van der Waals surface area contributed by atoms with Crippen LogP contribution in [-0.2, 0) is 6.42 Å². The Balaban J connectivity index is 1.81. The second kappa shape index (κ2) is 6.52. The number of pyridine rings is 1. The minimum absolute atomic E-state index is 0.182. The molecule has 5 heteroatoms. The van der Waals surface area contributed by atoms with Crippen molar-refractivity contribution < 1.29 is 9.53 Å². The summed E-state index contributed by atoms with van der Waals surface area (Å²) in [4.78, 5) is 17.7. The van der Waals surface area contributed by atoms with Gasteiger partial charge >= 0.3 is 0 Å². The molecule has 0 fully saturated rings. The highest BCUT2D eigenvalue weighted by Gasteiger charge is 2.20. The lowest BCUT2D eigenvalue weighted by atomic mass is 10.1. The molecule has 0 aliphatic rings. The molecule has 0 aliphatic carbocycles. The van der Waals surface area contributed by atoms with Crippen LogP contribution in [0.25, 0.3) is 16.4 Å². The predicted octanol–water partition coefficient (Wildman–Crippen LogP) is 4.31. The van der Waals surface area contributed by atoms with Crippen LogP contribution in [0.5, 0.6) is 5.75 Å². The van der Waals surface area contributed by atoms with Crippen molar-refractivity contribution in [3.05, 3.63) is 72.2 Å². The monoisotopic (exact) mass is 345 g/mol. The van der Waals surface area contributed by atoms with E-state index in [1.807, 2.05) is 67.7 Å². The van der Waals surface area contributed by atoms with Gasteiger partial charge in [0.25, 0.3) is 5.91 Å². The molecular weight excluding hydrogens is 326 g/mol. The number of nitrogens with one attached hydrogen (secondary N) is 1. The summed E-state index contributed by atoms with van der Waals surface area (Å²) in [5, 5.41) is 5.14. The average molecular weight is 345 g/mol. The van der Waals surface area contributed by atoms with E-state index in [2.05, 4.69) is 10.3 Å². The van der Waals surface area contributed by atoms with E-state index in [-0.39, 0.29) is 5.91 Å². The van der Waals surface area contributed by atoms with Crippen LogP contribution < -0.4 is 10.1 Å². The maximum atomic E-state index is 13.1. The number of amides is 1. The van der Waals surface area contributed by atoms with E-state index >= 15 is 0 Å². The lowest BCUT2D eigenvalue weighted by molar-refractivity contribution is 0.102. The van der Waals surface area contributed by atoms with Gasteiger partial charge in [-0.15, -0.1) is 0 Å². The number of imidazole rings is 1. The number of hydrogen-bond donors (Lipinski definition) is 1. The number of benzene rings is 2. The van der Waals surface area contributed by atoms with Crippen molar-refractivity contribution in [3.8, 4) is 5.75 Å². The van der Waals surface area contributed by atoms with Gasteiger partial charge in [0.2, 0.25) is 0 Å². The first-order valence-corrected chi connectivity index (χ1v) is 8.56. The lowest BCUT2D eigenvalue weighted by Crippen LogP contribution is -2.16. The van der Waals surface area contributed by atoms with E-state index in [1.54, 1.807) is 11.5 Å². The summed E-state index contributed by atoms with van der Waals surface area (Å²) in [6, 6.07) is 17.6. The third kappa shape index (κ3) is 2.58. The van der Waals surface area contributed by atoms with Gasteiger partial charge < -0.3 is 10.1 Å². The maximum Gasteiger partial charge on any atom is 0.274 e. The Morgan fingerprint density at radius 3 is 2.73 bits per heavy atom. The van der Waals surface area contributed by atoms with Crippen LogP contribution >= 0.6 is 0 Å². The van der Waals surface area contributed by atoms with E-state index < -0.39 is 0 Å².